The van der Waals surface area contributed by atoms with Gasteiger partial charge in [-0.3, -0.25) is 4.57 Å². The summed E-state index contributed by atoms with van der Waals surface area (Å²) in [5.41, 5.74) is -0.515. The van der Waals surface area contributed by atoms with Crippen LogP contribution in [0.1, 0.15) is 30.9 Å². The second-order valence-electron chi connectivity index (χ2n) is 6.71. The molecule has 1 aliphatic rings. The molecule has 0 spiro atoms. The van der Waals surface area contributed by atoms with Gasteiger partial charge in [0.15, 0.2) is 0 Å². The quantitative estimate of drug-likeness (QED) is 0.689. The van der Waals surface area contributed by atoms with E-state index in [2.05, 4.69) is 5.10 Å². The normalized spacial score (nSPS) is 19.3. The molecule has 0 aliphatic heterocycles. The number of nitrogens with zero attached hydrogens (tertiary/aromatic N) is 3. The summed E-state index contributed by atoms with van der Waals surface area (Å²) in [6.45, 7) is -0.187. The summed E-state index contributed by atoms with van der Waals surface area (Å²) >= 11 is 0. The zero-order chi connectivity index (χ0) is 18.8. The number of benzene rings is 2. The van der Waals surface area contributed by atoms with Gasteiger partial charge in [0.25, 0.3) is 0 Å². The van der Waals surface area contributed by atoms with Gasteiger partial charge >= 0.3 is 5.69 Å². The molecule has 2 unspecified atom stereocenters. The van der Waals surface area contributed by atoms with Gasteiger partial charge in [0.1, 0.15) is 29.8 Å². The second-order valence-corrected chi connectivity index (χ2v) is 6.71. The van der Waals surface area contributed by atoms with Crippen molar-refractivity contribution in [2.75, 3.05) is 0 Å². The van der Waals surface area contributed by atoms with E-state index in [9.17, 15) is 13.6 Å². The van der Waals surface area contributed by atoms with Crippen LogP contribution in [0.25, 0.3) is 0 Å². The smallest absolute Gasteiger partial charge is 0.346 e. The Kier molecular flexibility index (Phi) is 4.75. The molecular weight excluding hydrogens is 352 g/mol. The molecule has 1 saturated carbocycles. The summed E-state index contributed by atoms with van der Waals surface area (Å²) in [7, 11) is 0. The molecule has 4 rings (SSSR count). The molecule has 1 fully saturated rings. The summed E-state index contributed by atoms with van der Waals surface area (Å²) < 4.78 is 36.2. The van der Waals surface area contributed by atoms with E-state index >= 15 is 0 Å². The van der Waals surface area contributed by atoms with Crippen molar-refractivity contribution in [3.8, 4) is 5.75 Å². The van der Waals surface area contributed by atoms with Gasteiger partial charge in [0.05, 0.1) is 12.6 Å². The molecule has 1 heterocycles. The minimum atomic E-state index is -0.674. The molecule has 5 nitrogen and oxygen atoms in total. The van der Waals surface area contributed by atoms with Gasteiger partial charge in [-0.25, -0.2) is 18.3 Å². The van der Waals surface area contributed by atoms with E-state index in [4.69, 9.17) is 4.74 Å². The third-order valence-corrected chi connectivity index (χ3v) is 4.90. The molecular formula is C20H19F2N3O2. The maximum absolute atomic E-state index is 13.8. The van der Waals surface area contributed by atoms with Crippen molar-refractivity contribution in [2.24, 2.45) is 0 Å². The second kappa shape index (κ2) is 7.34. The van der Waals surface area contributed by atoms with E-state index in [1.807, 2.05) is 30.3 Å². The topological polar surface area (TPSA) is 49.0 Å². The average molecular weight is 371 g/mol. The highest BCUT2D eigenvalue weighted by Crippen LogP contribution is 2.31. The number of hydrogen-bond acceptors (Lipinski definition) is 3. The van der Waals surface area contributed by atoms with Crippen LogP contribution in [0.15, 0.2) is 59.7 Å². The number of aromatic nitrogens is 3. The zero-order valence-corrected chi connectivity index (χ0v) is 14.6. The van der Waals surface area contributed by atoms with Gasteiger partial charge in [-0.15, -0.1) is 0 Å². The number of hydrogen-bond donors (Lipinski definition) is 0. The van der Waals surface area contributed by atoms with Crippen molar-refractivity contribution < 1.29 is 13.5 Å². The lowest BCUT2D eigenvalue weighted by Gasteiger charge is -2.14. The van der Waals surface area contributed by atoms with Crippen LogP contribution in [0, 0.1) is 11.6 Å². The Labute approximate surface area is 154 Å². The Hall–Kier alpha value is -2.96. The van der Waals surface area contributed by atoms with E-state index in [1.165, 1.54) is 33.8 Å². The lowest BCUT2D eigenvalue weighted by atomic mass is 10.2. The van der Waals surface area contributed by atoms with Crippen LogP contribution >= 0.6 is 0 Å². The molecule has 0 bridgehead atoms. The largest absolute Gasteiger partial charge is 0.490 e. The first-order valence-corrected chi connectivity index (χ1v) is 8.90. The molecule has 7 heteroatoms. The zero-order valence-electron chi connectivity index (χ0n) is 14.6. The Bertz CT molecular complexity index is 964. The fourth-order valence-corrected chi connectivity index (χ4v) is 3.50. The molecule has 1 aromatic heterocycles. The van der Waals surface area contributed by atoms with Gasteiger partial charge < -0.3 is 4.74 Å². The van der Waals surface area contributed by atoms with Crippen molar-refractivity contribution in [1.82, 2.24) is 14.3 Å². The van der Waals surface area contributed by atoms with Crippen LogP contribution in [0.4, 0.5) is 8.78 Å². The van der Waals surface area contributed by atoms with Crippen molar-refractivity contribution in [3.63, 3.8) is 0 Å². The summed E-state index contributed by atoms with van der Waals surface area (Å²) in [5, 5.41) is 4.16. The SMILES string of the molecule is O=c1n(Cc2c(F)cccc2F)cnn1C1CCC(Oc2ccccc2)C1. The molecule has 2 atom stereocenters. The van der Waals surface area contributed by atoms with Crippen LogP contribution in [-0.4, -0.2) is 20.5 Å². The minimum absolute atomic E-state index is 0.0125. The molecule has 0 amide bonds. The minimum Gasteiger partial charge on any atom is -0.490 e. The highest BCUT2D eigenvalue weighted by Gasteiger charge is 2.29. The van der Waals surface area contributed by atoms with Crippen molar-refractivity contribution in [3.05, 3.63) is 82.5 Å². The molecule has 0 N–H and O–H groups in total. The molecule has 1 aliphatic carbocycles. The molecule has 0 radical (unpaired) electrons. The highest BCUT2D eigenvalue weighted by atomic mass is 19.1. The van der Waals surface area contributed by atoms with Crippen LogP contribution in [0.2, 0.25) is 0 Å². The lowest BCUT2D eigenvalue weighted by molar-refractivity contribution is 0.203. The highest BCUT2D eigenvalue weighted by molar-refractivity contribution is 5.21. The van der Waals surface area contributed by atoms with Gasteiger partial charge in [-0.05, 0) is 37.1 Å². The fraction of sp³-hybridized carbons (Fsp3) is 0.300. The number of rotatable bonds is 5. The van der Waals surface area contributed by atoms with Crippen molar-refractivity contribution in [2.45, 2.75) is 38.0 Å². The average Bonchev–Trinajstić information content (AvgIpc) is 3.26. The van der Waals surface area contributed by atoms with E-state index in [1.54, 1.807) is 0 Å². The maximum atomic E-state index is 13.8. The van der Waals surface area contributed by atoms with Crippen molar-refractivity contribution >= 4 is 0 Å². The van der Waals surface area contributed by atoms with E-state index in [-0.39, 0.29) is 29.9 Å². The summed E-state index contributed by atoms with van der Waals surface area (Å²) in [6, 6.07) is 13.1. The van der Waals surface area contributed by atoms with Crippen molar-refractivity contribution in [1.29, 1.82) is 0 Å². The van der Waals surface area contributed by atoms with E-state index in [0.717, 1.165) is 18.6 Å². The standard InChI is InChI=1S/C20H19F2N3O2/c21-18-7-4-8-19(22)17(18)12-24-13-23-25(20(24)26)14-9-10-16(11-14)27-15-5-2-1-3-6-15/h1-8,13-14,16H,9-12H2. The van der Waals surface area contributed by atoms with E-state index < -0.39 is 11.6 Å². The fourth-order valence-electron chi connectivity index (χ4n) is 3.50. The number of halogens is 2. The number of ether oxygens (including phenoxy) is 1. The van der Waals surface area contributed by atoms with Gasteiger partial charge in [0, 0.05) is 12.0 Å². The monoisotopic (exact) mass is 371 g/mol. The first-order chi connectivity index (χ1) is 13.1. The Morgan fingerprint density at radius 3 is 2.52 bits per heavy atom. The van der Waals surface area contributed by atoms with Gasteiger partial charge in [0.2, 0.25) is 0 Å². The van der Waals surface area contributed by atoms with Crippen LogP contribution < -0.4 is 10.4 Å². The Morgan fingerprint density at radius 2 is 1.78 bits per heavy atom. The third kappa shape index (κ3) is 3.63. The van der Waals surface area contributed by atoms with Crippen LogP contribution in [-0.2, 0) is 6.54 Å². The maximum Gasteiger partial charge on any atom is 0.346 e. The first-order valence-electron chi connectivity index (χ1n) is 8.90. The number of para-hydroxylation sites is 1. The molecule has 0 saturated heterocycles. The van der Waals surface area contributed by atoms with E-state index in [0.29, 0.717) is 6.42 Å². The van der Waals surface area contributed by atoms with Crippen LogP contribution in [0.3, 0.4) is 0 Å². The van der Waals surface area contributed by atoms with Gasteiger partial charge in [-0.1, -0.05) is 24.3 Å². The lowest BCUT2D eigenvalue weighted by Crippen LogP contribution is -2.28. The summed E-state index contributed by atoms with van der Waals surface area (Å²) in [4.78, 5) is 12.6. The molecule has 2 aromatic carbocycles. The summed E-state index contributed by atoms with van der Waals surface area (Å²) in [5.74, 6) is -0.547. The Morgan fingerprint density at radius 1 is 1.04 bits per heavy atom. The predicted molar refractivity (Wildman–Crippen MR) is 95.7 cm³/mol. The Balaban J connectivity index is 1.47. The first kappa shape index (κ1) is 17.5. The van der Waals surface area contributed by atoms with Gasteiger partial charge in [-0.2, -0.15) is 5.10 Å². The molecule has 3 aromatic rings. The predicted octanol–water partition coefficient (Wildman–Crippen LogP) is 3.54. The molecule has 27 heavy (non-hydrogen) atoms. The summed E-state index contributed by atoms with van der Waals surface area (Å²) in [6.07, 6.45) is 3.60. The molecule has 140 valence electrons. The third-order valence-electron chi connectivity index (χ3n) is 4.90. The van der Waals surface area contributed by atoms with Crippen LogP contribution in [0.5, 0.6) is 5.75 Å².